The summed E-state index contributed by atoms with van der Waals surface area (Å²) in [6, 6.07) is -0.738. The SMILES string of the molecule is CCOC(=O)C(C)N(C(=O)OCC)C(C)C. The summed E-state index contributed by atoms with van der Waals surface area (Å²) < 4.78 is 9.77. The lowest BCUT2D eigenvalue weighted by Gasteiger charge is -2.30. The third-order valence-electron chi connectivity index (χ3n) is 2.08. The van der Waals surface area contributed by atoms with E-state index in [-0.39, 0.29) is 12.6 Å². The van der Waals surface area contributed by atoms with E-state index in [0.717, 1.165) is 0 Å². The van der Waals surface area contributed by atoms with Gasteiger partial charge in [0, 0.05) is 6.04 Å². The summed E-state index contributed by atoms with van der Waals surface area (Å²) >= 11 is 0. The summed E-state index contributed by atoms with van der Waals surface area (Å²) in [5.74, 6) is -0.413. The molecule has 1 atom stereocenters. The van der Waals surface area contributed by atoms with Crippen molar-refractivity contribution in [1.82, 2.24) is 4.90 Å². The van der Waals surface area contributed by atoms with Crippen LogP contribution in [0.25, 0.3) is 0 Å². The van der Waals surface area contributed by atoms with Gasteiger partial charge >= 0.3 is 12.1 Å². The van der Waals surface area contributed by atoms with Crippen molar-refractivity contribution in [1.29, 1.82) is 0 Å². The van der Waals surface area contributed by atoms with Gasteiger partial charge in [0.1, 0.15) is 6.04 Å². The molecule has 5 heteroatoms. The molecule has 5 nitrogen and oxygen atoms in total. The van der Waals surface area contributed by atoms with Crippen molar-refractivity contribution >= 4 is 12.1 Å². The zero-order valence-electron chi connectivity index (χ0n) is 10.6. The van der Waals surface area contributed by atoms with Crippen molar-refractivity contribution in [2.45, 2.75) is 46.7 Å². The monoisotopic (exact) mass is 231 g/mol. The highest BCUT2D eigenvalue weighted by molar-refractivity contribution is 5.81. The topological polar surface area (TPSA) is 55.8 Å². The second-order valence-electron chi connectivity index (χ2n) is 3.63. The number of amides is 1. The lowest BCUT2D eigenvalue weighted by molar-refractivity contribution is -0.148. The fourth-order valence-corrected chi connectivity index (χ4v) is 1.39. The molecule has 0 saturated heterocycles. The van der Waals surface area contributed by atoms with Gasteiger partial charge in [0.25, 0.3) is 0 Å². The second kappa shape index (κ2) is 7.09. The first-order valence-electron chi connectivity index (χ1n) is 5.57. The minimum absolute atomic E-state index is 0.113. The Balaban J connectivity index is 4.64. The number of hydrogen-bond acceptors (Lipinski definition) is 4. The molecule has 0 spiro atoms. The van der Waals surface area contributed by atoms with Crippen LogP contribution < -0.4 is 0 Å². The van der Waals surface area contributed by atoms with E-state index in [0.29, 0.717) is 6.61 Å². The largest absolute Gasteiger partial charge is 0.464 e. The predicted molar refractivity (Wildman–Crippen MR) is 60.1 cm³/mol. The molecule has 0 aliphatic carbocycles. The lowest BCUT2D eigenvalue weighted by Crippen LogP contribution is -2.48. The summed E-state index contributed by atoms with van der Waals surface area (Å²) in [6.07, 6.45) is -0.488. The molecule has 16 heavy (non-hydrogen) atoms. The van der Waals surface area contributed by atoms with Crippen LogP contribution >= 0.6 is 0 Å². The minimum Gasteiger partial charge on any atom is -0.464 e. The van der Waals surface area contributed by atoms with Gasteiger partial charge in [0.15, 0.2) is 0 Å². The molecular formula is C11H21NO4. The van der Waals surface area contributed by atoms with Gasteiger partial charge in [-0.15, -0.1) is 0 Å². The Bertz CT molecular complexity index is 240. The van der Waals surface area contributed by atoms with Crippen LogP contribution in [0.3, 0.4) is 0 Å². The Morgan fingerprint density at radius 1 is 1.06 bits per heavy atom. The van der Waals surface area contributed by atoms with E-state index in [1.54, 1.807) is 20.8 Å². The van der Waals surface area contributed by atoms with Gasteiger partial charge in [0.2, 0.25) is 0 Å². The molecule has 0 bridgehead atoms. The lowest BCUT2D eigenvalue weighted by atomic mass is 10.2. The number of rotatable bonds is 5. The molecule has 0 N–H and O–H groups in total. The van der Waals surface area contributed by atoms with Gasteiger partial charge < -0.3 is 9.47 Å². The molecule has 0 aromatic carbocycles. The Labute approximate surface area is 96.7 Å². The van der Waals surface area contributed by atoms with Crippen molar-refractivity contribution in [2.75, 3.05) is 13.2 Å². The zero-order valence-corrected chi connectivity index (χ0v) is 10.6. The molecular weight excluding hydrogens is 210 g/mol. The van der Waals surface area contributed by atoms with Crippen LogP contribution in [0.5, 0.6) is 0 Å². The summed E-state index contributed by atoms with van der Waals surface area (Å²) in [5, 5.41) is 0. The van der Waals surface area contributed by atoms with Crippen LogP contribution in [0.1, 0.15) is 34.6 Å². The number of carbonyl (C=O) groups excluding carboxylic acids is 2. The van der Waals surface area contributed by atoms with E-state index in [1.165, 1.54) is 4.90 Å². The first kappa shape index (κ1) is 14.7. The van der Waals surface area contributed by atoms with Gasteiger partial charge in [0.05, 0.1) is 13.2 Å². The molecule has 0 fully saturated rings. The number of hydrogen-bond donors (Lipinski definition) is 0. The minimum atomic E-state index is -0.626. The quantitative estimate of drug-likeness (QED) is 0.677. The van der Waals surface area contributed by atoms with Crippen LogP contribution in [0, 0.1) is 0 Å². The van der Waals surface area contributed by atoms with Crippen molar-refractivity contribution in [3.63, 3.8) is 0 Å². The van der Waals surface area contributed by atoms with Crippen molar-refractivity contribution in [3.05, 3.63) is 0 Å². The van der Waals surface area contributed by atoms with Gasteiger partial charge in [-0.25, -0.2) is 9.59 Å². The van der Waals surface area contributed by atoms with E-state index < -0.39 is 18.1 Å². The summed E-state index contributed by atoms with van der Waals surface area (Å²) in [6.45, 7) is 9.34. The Hall–Kier alpha value is -1.26. The number of nitrogens with zero attached hydrogens (tertiary/aromatic N) is 1. The van der Waals surface area contributed by atoms with Crippen molar-refractivity contribution in [3.8, 4) is 0 Å². The second-order valence-corrected chi connectivity index (χ2v) is 3.63. The molecule has 0 aromatic rings. The van der Waals surface area contributed by atoms with Crippen LogP contribution in [0.4, 0.5) is 4.79 Å². The van der Waals surface area contributed by atoms with Crippen molar-refractivity contribution in [2.24, 2.45) is 0 Å². The maximum absolute atomic E-state index is 11.6. The predicted octanol–water partition coefficient (Wildman–Crippen LogP) is 1.80. The fraction of sp³-hybridized carbons (Fsp3) is 0.818. The summed E-state index contributed by atoms with van der Waals surface area (Å²) in [4.78, 5) is 24.5. The zero-order chi connectivity index (χ0) is 12.7. The Kier molecular flexibility index (Phi) is 6.53. The molecule has 1 unspecified atom stereocenters. The Morgan fingerprint density at radius 3 is 1.94 bits per heavy atom. The highest BCUT2D eigenvalue weighted by atomic mass is 16.6. The molecule has 0 aliphatic heterocycles. The molecule has 0 aliphatic rings. The van der Waals surface area contributed by atoms with E-state index in [9.17, 15) is 9.59 Å². The average Bonchev–Trinajstić information content (AvgIpc) is 2.17. The normalized spacial score (nSPS) is 12.1. The third kappa shape index (κ3) is 4.08. The summed E-state index contributed by atoms with van der Waals surface area (Å²) in [7, 11) is 0. The van der Waals surface area contributed by atoms with Gasteiger partial charge in [-0.3, -0.25) is 4.90 Å². The van der Waals surface area contributed by atoms with E-state index in [4.69, 9.17) is 9.47 Å². The first-order chi connectivity index (χ1) is 7.45. The number of esters is 1. The molecule has 1 amide bonds. The molecule has 0 heterocycles. The molecule has 0 saturated carbocycles. The standard InChI is InChI=1S/C11H21NO4/c1-6-15-10(13)9(5)12(8(3)4)11(14)16-7-2/h8-9H,6-7H2,1-5H3. The van der Waals surface area contributed by atoms with Crippen LogP contribution in [0.15, 0.2) is 0 Å². The molecule has 0 radical (unpaired) electrons. The molecule has 0 rings (SSSR count). The number of carbonyl (C=O) groups is 2. The van der Waals surface area contributed by atoms with E-state index >= 15 is 0 Å². The highest BCUT2D eigenvalue weighted by Crippen LogP contribution is 2.09. The number of ether oxygens (including phenoxy) is 2. The molecule has 0 aromatic heterocycles. The van der Waals surface area contributed by atoms with Crippen LogP contribution in [-0.2, 0) is 14.3 Å². The smallest absolute Gasteiger partial charge is 0.410 e. The molecule has 94 valence electrons. The van der Waals surface area contributed by atoms with E-state index in [2.05, 4.69) is 0 Å². The Morgan fingerprint density at radius 2 is 1.56 bits per heavy atom. The van der Waals surface area contributed by atoms with Crippen molar-refractivity contribution < 1.29 is 19.1 Å². The van der Waals surface area contributed by atoms with Gasteiger partial charge in [-0.1, -0.05) is 0 Å². The fourth-order valence-electron chi connectivity index (χ4n) is 1.39. The van der Waals surface area contributed by atoms with Crippen LogP contribution in [-0.4, -0.2) is 42.3 Å². The van der Waals surface area contributed by atoms with Crippen LogP contribution in [0.2, 0.25) is 0 Å². The highest BCUT2D eigenvalue weighted by Gasteiger charge is 2.29. The average molecular weight is 231 g/mol. The third-order valence-corrected chi connectivity index (χ3v) is 2.08. The first-order valence-corrected chi connectivity index (χ1v) is 5.57. The maximum Gasteiger partial charge on any atom is 0.410 e. The van der Waals surface area contributed by atoms with Gasteiger partial charge in [-0.05, 0) is 34.6 Å². The maximum atomic E-state index is 11.6. The summed E-state index contributed by atoms with van der Waals surface area (Å²) in [5.41, 5.74) is 0. The van der Waals surface area contributed by atoms with E-state index in [1.807, 2.05) is 13.8 Å². The van der Waals surface area contributed by atoms with Gasteiger partial charge in [-0.2, -0.15) is 0 Å².